The van der Waals surface area contributed by atoms with Crippen LogP contribution >= 0.6 is 0 Å². The Morgan fingerprint density at radius 2 is 2.24 bits per heavy atom. The van der Waals surface area contributed by atoms with Crippen LogP contribution in [0.2, 0.25) is 0 Å². The molecule has 4 heteroatoms. The first-order valence-corrected chi connectivity index (χ1v) is 6.67. The van der Waals surface area contributed by atoms with Crippen molar-refractivity contribution in [2.24, 2.45) is 5.73 Å². The fourth-order valence-corrected chi connectivity index (χ4v) is 2.41. The van der Waals surface area contributed by atoms with E-state index >= 15 is 0 Å². The number of likely N-dealkylation sites (N-methyl/N-ethyl adjacent to an activating group) is 1. The molecule has 0 radical (unpaired) electrons. The van der Waals surface area contributed by atoms with Gasteiger partial charge in [0.2, 0.25) is 0 Å². The van der Waals surface area contributed by atoms with Crippen LogP contribution in [-0.2, 0) is 0 Å². The molecule has 2 rings (SSSR count). The molecule has 0 saturated heterocycles. The van der Waals surface area contributed by atoms with Crippen molar-refractivity contribution in [1.82, 2.24) is 14.7 Å². The van der Waals surface area contributed by atoms with Crippen LogP contribution in [0.1, 0.15) is 51.3 Å². The molecule has 0 bridgehead atoms. The highest BCUT2D eigenvalue weighted by molar-refractivity contribution is 5.13. The first-order chi connectivity index (χ1) is 8.17. The van der Waals surface area contributed by atoms with Crippen LogP contribution in [0.3, 0.4) is 0 Å². The van der Waals surface area contributed by atoms with Crippen molar-refractivity contribution in [2.75, 3.05) is 13.1 Å². The zero-order valence-electron chi connectivity index (χ0n) is 11.1. The molecule has 1 heterocycles. The van der Waals surface area contributed by atoms with E-state index in [9.17, 15) is 0 Å². The smallest absolute Gasteiger partial charge is 0.0538 e. The van der Waals surface area contributed by atoms with Crippen molar-refractivity contribution in [1.29, 1.82) is 0 Å². The molecule has 1 aromatic rings. The number of hydrogen-bond donors (Lipinski definition) is 1. The lowest BCUT2D eigenvalue weighted by atomic mass is 10.1. The van der Waals surface area contributed by atoms with Crippen molar-refractivity contribution in [3.8, 4) is 0 Å². The van der Waals surface area contributed by atoms with Gasteiger partial charge in [-0.3, -0.25) is 9.58 Å². The van der Waals surface area contributed by atoms with Gasteiger partial charge in [0.05, 0.1) is 12.2 Å². The van der Waals surface area contributed by atoms with Gasteiger partial charge in [0.1, 0.15) is 0 Å². The van der Waals surface area contributed by atoms with E-state index in [1.807, 2.05) is 10.9 Å². The summed E-state index contributed by atoms with van der Waals surface area (Å²) in [7, 11) is 0. The van der Waals surface area contributed by atoms with Gasteiger partial charge >= 0.3 is 0 Å². The fourth-order valence-electron chi connectivity index (χ4n) is 2.41. The van der Waals surface area contributed by atoms with Gasteiger partial charge in [-0.15, -0.1) is 0 Å². The van der Waals surface area contributed by atoms with Crippen LogP contribution in [0.4, 0.5) is 0 Å². The Hall–Kier alpha value is -0.870. The largest absolute Gasteiger partial charge is 0.329 e. The predicted octanol–water partition coefficient (Wildman–Crippen LogP) is 1.95. The number of nitrogens with zero attached hydrogens (tertiary/aromatic N) is 3. The summed E-state index contributed by atoms with van der Waals surface area (Å²) in [6, 6.07) is 1.49. The molecule has 1 unspecified atom stereocenters. The SMILES string of the molecule is CCN(C1CC1)C(CN)c1cnn(C(C)C)c1. The van der Waals surface area contributed by atoms with Gasteiger partial charge < -0.3 is 5.73 Å². The predicted molar refractivity (Wildman–Crippen MR) is 69.8 cm³/mol. The van der Waals surface area contributed by atoms with Crippen LogP contribution in [-0.4, -0.2) is 33.8 Å². The lowest BCUT2D eigenvalue weighted by Crippen LogP contribution is -2.35. The van der Waals surface area contributed by atoms with Crippen LogP contribution in [0, 0.1) is 0 Å². The molecule has 17 heavy (non-hydrogen) atoms. The third kappa shape index (κ3) is 2.69. The average Bonchev–Trinajstić information content (AvgIpc) is 3.02. The van der Waals surface area contributed by atoms with Crippen LogP contribution in [0.5, 0.6) is 0 Å². The summed E-state index contributed by atoms with van der Waals surface area (Å²) in [6.45, 7) is 8.25. The molecule has 0 amide bonds. The minimum atomic E-state index is 0.333. The number of rotatable bonds is 6. The Morgan fingerprint density at radius 1 is 1.53 bits per heavy atom. The number of nitrogens with two attached hydrogens (primary N) is 1. The Labute approximate surface area is 104 Å². The van der Waals surface area contributed by atoms with Crippen molar-refractivity contribution in [3.05, 3.63) is 18.0 Å². The van der Waals surface area contributed by atoms with Gasteiger partial charge in [-0.25, -0.2) is 0 Å². The molecular formula is C13H24N4. The van der Waals surface area contributed by atoms with E-state index in [4.69, 9.17) is 5.73 Å². The lowest BCUT2D eigenvalue weighted by molar-refractivity contribution is 0.202. The number of hydrogen-bond acceptors (Lipinski definition) is 3. The van der Waals surface area contributed by atoms with E-state index in [1.165, 1.54) is 18.4 Å². The van der Waals surface area contributed by atoms with Gasteiger partial charge in [0, 0.05) is 30.4 Å². The van der Waals surface area contributed by atoms with E-state index in [1.54, 1.807) is 0 Å². The Kier molecular flexibility index (Phi) is 3.84. The average molecular weight is 236 g/mol. The standard InChI is InChI=1S/C13H24N4/c1-4-16(12-5-6-12)13(7-14)11-8-15-17(9-11)10(2)3/h8-10,12-13H,4-7,14H2,1-3H3. The third-order valence-corrected chi connectivity index (χ3v) is 3.54. The maximum absolute atomic E-state index is 5.95. The number of aromatic nitrogens is 2. The van der Waals surface area contributed by atoms with E-state index in [2.05, 4.69) is 37.0 Å². The van der Waals surface area contributed by atoms with E-state index in [0.717, 1.165) is 12.6 Å². The second-order valence-electron chi connectivity index (χ2n) is 5.16. The highest BCUT2D eigenvalue weighted by Crippen LogP contribution is 2.33. The molecular weight excluding hydrogens is 212 g/mol. The topological polar surface area (TPSA) is 47.1 Å². The second kappa shape index (κ2) is 5.19. The van der Waals surface area contributed by atoms with Crippen molar-refractivity contribution >= 4 is 0 Å². The Morgan fingerprint density at radius 3 is 2.65 bits per heavy atom. The summed E-state index contributed by atoms with van der Waals surface area (Å²) in [5.41, 5.74) is 7.21. The van der Waals surface area contributed by atoms with Crippen molar-refractivity contribution in [3.63, 3.8) is 0 Å². The molecule has 1 saturated carbocycles. The quantitative estimate of drug-likeness (QED) is 0.821. The van der Waals surface area contributed by atoms with E-state index in [0.29, 0.717) is 18.6 Å². The highest BCUT2D eigenvalue weighted by Gasteiger charge is 2.33. The molecule has 96 valence electrons. The monoisotopic (exact) mass is 236 g/mol. The van der Waals surface area contributed by atoms with E-state index < -0.39 is 0 Å². The minimum absolute atomic E-state index is 0.333. The van der Waals surface area contributed by atoms with Crippen LogP contribution in [0.15, 0.2) is 12.4 Å². The maximum Gasteiger partial charge on any atom is 0.0538 e. The molecule has 4 nitrogen and oxygen atoms in total. The summed E-state index contributed by atoms with van der Waals surface area (Å²) in [6.07, 6.45) is 6.76. The van der Waals surface area contributed by atoms with Gasteiger partial charge in [-0.05, 0) is 33.2 Å². The lowest BCUT2D eigenvalue weighted by Gasteiger charge is -2.29. The second-order valence-corrected chi connectivity index (χ2v) is 5.16. The van der Waals surface area contributed by atoms with Crippen molar-refractivity contribution in [2.45, 2.75) is 51.7 Å². The van der Waals surface area contributed by atoms with Gasteiger partial charge in [-0.1, -0.05) is 6.92 Å². The molecule has 1 aliphatic carbocycles. The summed E-state index contributed by atoms with van der Waals surface area (Å²) in [5.74, 6) is 0. The summed E-state index contributed by atoms with van der Waals surface area (Å²) < 4.78 is 2.01. The molecule has 0 aliphatic heterocycles. The molecule has 1 aromatic heterocycles. The molecule has 1 fully saturated rings. The summed E-state index contributed by atoms with van der Waals surface area (Å²) >= 11 is 0. The zero-order valence-corrected chi connectivity index (χ0v) is 11.1. The molecule has 1 atom stereocenters. The fraction of sp³-hybridized carbons (Fsp3) is 0.769. The van der Waals surface area contributed by atoms with Crippen molar-refractivity contribution < 1.29 is 0 Å². The van der Waals surface area contributed by atoms with Gasteiger partial charge in [0.15, 0.2) is 0 Å². The van der Waals surface area contributed by atoms with Crippen LogP contribution in [0.25, 0.3) is 0 Å². The van der Waals surface area contributed by atoms with Crippen LogP contribution < -0.4 is 5.73 Å². The Bertz CT molecular complexity index is 354. The summed E-state index contributed by atoms with van der Waals surface area (Å²) in [5, 5.41) is 4.42. The normalized spacial score (nSPS) is 18.0. The minimum Gasteiger partial charge on any atom is -0.329 e. The first-order valence-electron chi connectivity index (χ1n) is 6.67. The van der Waals surface area contributed by atoms with Gasteiger partial charge in [-0.2, -0.15) is 5.10 Å². The molecule has 0 aromatic carbocycles. The maximum atomic E-state index is 5.95. The van der Waals surface area contributed by atoms with E-state index in [-0.39, 0.29) is 0 Å². The Balaban J connectivity index is 2.15. The first kappa shape index (κ1) is 12.6. The zero-order chi connectivity index (χ0) is 12.4. The molecule has 1 aliphatic rings. The molecule has 2 N–H and O–H groups in total. The highest BCUT2D eigenvalue weighted by atomic mass is 15.3. The summed E-state index contributed by atoms with van der Waals surface area (Å²) in [4.78, 5) is 2.52. The third-order valence-electron chi connectivity index (χ3n) is 3.54. The molecule has 0 spiro atoms. The van der Waals surface area contributed by atoms with Gasteiger partial charge in [0.25, 0.3) is 0 Å².